The minimum absolute atomic E-state index is 0.394. The van der Waals surface area contributed by atoms with E-state index in [2.05, 4.69) is 15.0 Å². The summed E-state index contributed by atoms with van der Waals surface area (Å²) in [6.07, 6.45) is 1.57. The highest BCUT2D eigenvalue weighted by atomic mass is 32.1. The fourth-order valence-electron chi connectivity index (χ4n) is 1.05. The van der Waals surface area contributed by atoms with Crippen LogP contribution in [-0.4, -0.2) is 19.5 Å². The Morgan fingerprint density at radius 2 is 2.42 bits per heavy atom. The number of aromatic nitrogens is 4. The summed E-state index contributed by atoms with van der Waals surface area (Å²) >= 11 is 4.95. The standard InChI is InChI=1S/C6H7N5S/c1-11-5-3(8-2-9-5)4(7)10-6(11)12/h2H,1H3,(H,8,9)(H2,7,10,12). The molecule has 6 heteroatoms. The van der Waals surface area contributed by atoms with Crippen LogP contribution < -0.4 is 5.73 Å². The van der Waals surface area contributed by atoms with E-state index in [1.54, 1.807) is 17.9 Å². The van der Waals surface area contributed by atoms with Crippen molar-refractivity contribution < 1.29 is 0 Å². The summed E-state index contributed by atoms with van der Waals surface area (Å²) in [7, 11) is 1.80. The second kappa shape index (κ2) is 2.28. The summed E-state index contributed by atoms with van der Waals surface area (Å²) in [5.74, 6) is 0.394. The van der Waals surface area contributed by atoms with Gasteiger partial charge in [0.1, 0.15) is 5.52 Å². The van der Waals surface area contributed by atoms with Crippen LogP contribution >= 0.6 is 12.2 Å². The monoisotopic (exact) mass is 181 g/mol. The van der Waals surface area contributed by atoms with Crippen LogP contribution in [0.4, 0.5) is 5.82 Å². The average Bonchev–Trinajstić information content (AvgIpc) is 2.48. The van der Waals surface area contributed by atoms with Crippen molar-refractivity contribution in [1.82, 2.24) is 19.5 Å². The number of fused-ring (bicyclic) bond motifs is 1. The topological polar surface area (TPSA) is 72.5 Å². The third-order valence-corrected chi connectivity index (χ3v) is 2.06. The summed E-state index contributed by atoms with van der Waals surface area (Å²) in [5, 5.41) is 0. The van der Waals surface area contributed by atoms with Gasteiger partial charge in [-0.05, 0) is 12.2 Å². The molecular formula is C6H7N5S. The van der Waals surface area contributed by atoms with Crippen molar-refractivity contribution in [2.45, 2.75) is 0 Å². The molecule has 2 rings (SSSR count). The molecule has 62 valence electrons. The first-order valence-electron chi connectivity index (χ1n) is 3.35. The molecule has 0 aromatic carbocycles. The molecule has 0 saturated carbocycles. The summed E-state index contributed by atoms with van der Waals surface area (Å²) in [4.78, 5) is 10.9. The molecule has 12 heavy (non-hydrogen) atoms. The first kappa shape index (κ1) is 7.23. The van der Waals surface area contributed by atoms with Crippen molar-refractivity contribution in [3.63, 3.8) is 0 Å². The minimum Gasteiger partial charge on any atom is -0.382 e. The largest absolute Gasteiger partial charge is 0.382 e. The van der Waals surface area contributed by atoms with Gasteiger partial charge in [0.2, 0.25) is 4.77 Å². The lowest BCUT2D eigenvalue weighted by molar-refractivity contribution is 0.879. The Bertz CT molecular complexity index is 482. The molecule has 0 atom stereocenters. The maximum Gasteiger partial charge on any atom is 0.202 e. The van der Waals surface area contributed by atoms with E-state index in [1.165, 1.54) is 0 Å². The van der Waals surface area contributed by atoms with Gasteiger partial charge in [0.15, 0.2) is 11.5 Å². The van der Waals surface area contributed by atoms with Crippen molar-refractivity contribution in [1.29, 1.82) is 0 Å². The third kappa shape index (κ3) is 0.814. The van der Waals surface area contributed by atoms with Gasteiger partial charge in [-0.15, -0.1) is 0 Å². The zero-order valence-corrected chi connectivity index (χ0v) is 7.22. The second-order valence-corrected chi connectivity index (χ2v) is 2.80. The number of aryl methyl sites for hydroxylation is 1. The number of nitrogen functional groups attached to an aromatic ring is 1. The van der Waals surface area contributed by atoms with Crippen LogP contribution in [0.15, 0.2) is 6.33 Å². The molecular weight excluding hydrogens is 174 g/mol. The lowest BCUT2D eigenvalue weighted by atomic mass is 10.5. The van der Waals surface area contributed by atoms with E-state index in [1.807, 2.05) is 0 Å². The molecule has 0 saturated heterocycles. The number of aromatic amines is 1. The van der Waals surface area contributed by atoms with E-state index in [9.17, 15) is 0 Å². The predicted octanol–water partition coefficient (Wildman–Crippen LogP) is 0.608. The van der Waals surface area contributed by atoms with Crippen LogP contribution in [0.5, 0.6) is 0 Å². The maximum absolute atomic E-state index is 5.61. The normalized spacial score (nSPS) is 10.8. The lowest BCUT2D eigenvalue weighted by Gasteiger charge is -2.00. The first-order chi connectivity index (χ1) is 5.70. The van der Waals surface area contributed by atoms with Crippen LogP contribution in [0, 0.1) is 4.77 Å². The number of nitrogens with one attached hydrogen (secondary N) is 1. The van der Waals surface area contributed by atoms with E-state index in [4.69, 9.17) is 18.0 Å². The van der Waals surface area contributed by atoms with E-state index in [-0.39, 0.29) is 0 Å². The van der Waals surface area contributed by atoms with Gasteiger partial charge in [-0.2, -0.15) is 0 Å². The zero-order chi connectivity index (χ0) is 8.72. The number of rotatable bonds is 0. The van der Waals surface area contributed by atoms with Gasteiger partial charge in [-0.3, -0.25) is 0 Å². The fraction of sp³-hybridized carbons (Fsp3) is 0.167. The molecule has 0 spiro atoms. The smallest absolute Gasteiger partial charge is 0.202 e. The molecule has 3 N–H and O–H groups in total. The Balaban J connectivity index is 3.07. The van der Waals surface area contributed by atoms with Crippen molar-refractivity contribution in [2.75, 3.05) is 5.73 Å². The number of imidazole rings is 1. The number of hydrogen-bond donors (Lipinski definition) is 2. The zero-order valence-electron chi connectivity index (χ0n) is 6.40. The summed E-state index contributed by atoms with van der Waals surface area (Å²) in [6, 6.07) is 0. The fourth-order valence-corrected chi connectivity index (χ4v) is 1.24. The van der Waals surface area contributed by atoms with Crippen molar-refractivity contribution in [3.8, 4) is 0 Å². The van der Waals surface area contributed by atoms with Crippen molar-refractivity contribution in [2.24, 2.45) is 7.05 Å². The van der Waals surface area contributed by atoms with E-state index in [0.717, 1.165) is 11.2 Å². The van der Waals surface area contributed by atoms with E-state index in [0.29, 0.717) is 10.6 Å². The SMILES string of the molecule is Cn1c(=S)nc(N)c2[nH]cnc21. The molecule has 2 aromatic rings. The summed E-state index contributed by atoms with van der Waals surface area (Å²) in [6.45, 7) is 0. The van der Waals surface area contributed by atoms with Gasteiger partial charge in [-0.25, -0.2) is 9.97 Å². The highest BCUT2D eigenvalue weighted by molar-refractivity contribution is 7.71. The Hall–Kier alpha value is -1.43. The molecule has 0 aliphatic carbocycles. The van der Waals surface area contributed by atoms with E-state index < -0.39 is 0 Å². The summed E-state index contributed by atoms with van der Waals surface area (Å²) < 4.78 is 2.14. The Kier molecular flexibility index (Phi) is 1.37. The van der Waals surface area contributed by atoms with Crippen LogP contribution in [0.25, 0.3) is 11.2 Å². The van der Waals surface area contributed by atoms with Crippen molar-refractivity contribution in [3.05, 3.63) is 11.1 Å². The molecule has 2 heterocycles. The quantitative estimate of drug-likeness (QED) is 0.584. The molecule has 0 fully saturated rings. The highest BCUT2D eigenvalue weighted by Crippen LogP contribution is 2.13. The average molecular weight is 181 g/mol. The molecule has 5 nitrogen and oxygen atoms in total. The molecule has 0 aliphatic heterocycles. The van der Waals surface area contributed by atoms with Gasteiger partial charge < -0.3 is 15.3 Å². The predicted molar refractivity (Wildman–Crippen MR) is 48.1 cm³/mol. The number of hydrogen-bond acceptors (Lipinski definition) is 4. The highest BCUT2D eigenvalue weighted by Gasteiger charge is 2.04. The van der Waals surface area contributed by atoms with Gasteiger partial charge in [-0.1, -0.05) is 0 Å². The number of anilines is 1. The Morgan fingerprint density at radius 1 is 1.67 bits per heavy atom. The van der Waals surface area contributed by atoms with Gasteiger partial charge in [0.25, 0.3) is 0 Å². The first-order valence-corrected chi connectivity index (χ1v) is 3.76. The van der Waals surface area contributed by atoms with Crippen LogP contribution in [0.2, 0.25) is 0 Å². The Labute approximate surface area is 73.3 Å². The molecule has 2 aromatic heterocycles. The van der Waals surface area contributed by atoms with Crippen LogP contribution in [-0.2, 0) is 7.05 Å². The third-order valence-electron chi connectivity index (χ3n) is 1.70. The lowest BCUT2D eigenvalue weighted by Crippen LogP contribution is -2.01. The minimum atomic E-state index is 0.394. The van der Waals surface area contributed by atoms with E-state index >= 15 is 0 Å². The van der Waals surface area contributed by atoms with Crippen LogP contribution in [0.1, 0.15) is 0 Å². The van der Waals surface area contributed by atoms with Crippen LogP contribution in [0.3, 0.4) is 0 Å². The van der Waals surface area contributed by atoms with Crippen molar-refractivity contribution >= 4 is 29.2 Å². The van der Waals surface area contributed by atoms with Gasteiger partial charge >= 0.3 is 0 Å². The second-order valence-electron chi connectivity index (χ2n) is 2.44. The van der Waals surface area contributed by atoms with Gasteiger partial charge in [0, 0.05) is 7.05 Å². The Morgan fingerprint density at radius 3 is 3.17 bits per heavy atom. The summed E-state index contributed by atoms with van der Waals surface area (Å²) in [5.41, 5.74) is 7.07. The molecule has 0 amide bonds. The molecule has 0 bridgehead atoms. The number of nitrogens with zero attached hydrogens (tertiary/aromatic N) is 3. The molecule has 0 aliphatic rings. The number of nitrogens with two attached hydrogens (primary N) is 1. The van der Waals surface area contributed by atoms with Gasteiger partial charge in [0.05, 0.1) is 6.33 Å². The maximum atomic E-state index is 5.61. The molecule has 0 unspecified atom stereocenters. The number of H-pyrrole nitrogens is 1. The molecule has 0 radical (unpaired) electrons.